The maximum Gasteiger partial charge on any atom is 0.283 e. The summed E-state index contributed by atoms with van der Waals surface area (Å²) in [4.78, 5) is 2.20. The molecule has 1 saturated heterocycles. The van der Waals surface area contributed by atoms with Crippen LogP contribution in [0.15, 0.2) is 10.7 Å². The number of aromatic nitrogens is 2. The summed E-state index contributed by atoms with van der Waals surface area (Å²) in [6.45, 7) is 2.66. The van der Waals surface area contributed by atoms with Gasteiger partial charge in [-0.1, -0.05) is 0 Å². The average molecular weight is 280 g/mol. The molecule has 0 unspecified atom stereocenters. The molecule has 6 heteroatoms. The molecule has 0 N–H and O–H groups in total. The van der Waals surface area contributed by atoms with E-state index in [-0.39, 0.29) is 5.69 Å². The van der Waals surface area contributed by atoms with Gasteiger partial charge < -0.3 is 0 Å². The smallest absolute Gasteiger partial charge is 0.283 e. The molecule has 1 aliphatic rings. The van der Waals surface area contributed by atoms with E-state index in [2.05, 4.69) is 25.9 Å². The zero-order valence-corrected chi connectivity index (χ0v) is 9.75. The monoisotopic (exact) mass is 279 g/mol. The summed E-state index contributed by atoms with van der Waals surface area (Å²) in [6, 6.07) is 0. The molecule has 1 aliphatic heterocycles. The quantitative estimate of drug-likeness (QED) is 0.848. The zero-order chi connectivity index (χ0) is 10.8. The third kappa shape index (κ3) is 2.55. The Hall–Kier alpha value is -0.490. The number of hydrogen-bond acceptors (Lipinski definition) is 2. The van der Waals surface area contributed by atoms with E-state index < -0.39 is 6.43 Å². The van der Waals surface area contributed by atoms with E-state index in [4.69, 9.17) is 0 Å². The Morgan fingerprint density at radius 3 is 2.60 bits per heavy atom. The van der Waals surface area contributed by atoms with Crippen molar-refractivity contribution in [3.8, 4) is 0 Å². The molecule has 0 bridgehead atoms. The first-order chi connectivity index (χ1) is 7.16. The Balaban J connectivity index is 2.05. The van der Waals surface area contributed by atoms with Crippen molar-refractivity contribution in [2.75, 3.05) is 13.1 Å². The first-order valence-electron chi connectivity index (χ1n) is 4.90. The minimum absolute atomic E-state index is 0.172. The molecule has 0 aromatic carbocycles. The fraction of sp³-hybridized carbons (Fsp3) is 0.667. The average Bonchev–Trinajstić information content (AvgIpc) is 2.75. The van der Waals surface area contributed by atoms with Gasteiger partial charge in [-0.3, -0.25) is 9.58 Å². The normalized spacial score (nSPS) is 17.9. The van der Waals surface area contributed by atoms with Crippen molar-refractivity contribution in [1.82, 2.24) is 14.7 Å². The Bertz CT molecular complexity index is 334. The highest BCUT2D eigenvalue weighted by atomic mass is 79.9. The van der Waals surface area contributed by atoms with Crippen molar-refractivity contribution < 1.29 is 8.78 Å². The lowest BCUT2D eigenvalue weighted by molar-refractivity contribution is 0.142. The molecule has 2 heterocycles. The summed E-state index contributed by atoms with van der Waals surface area (Å²) in [6.07, 6.45) is 1.47. The third-order valence-electron chi connectivity index (χ3n) is 2.49. The van der Waals surface area contributed by atoms with Crippen molar-refractivity contribution in [1.29, 1.82) is 0 Å². The van der Waals surface area contributed by atoms with Gasteiger partial charge >= 0.3 is 0 Å². The lowest BCUT2D eigenvalue weighted by atomic mass is 10.4. The summed E-state index contributed by atoms with van der Waals surface area (Å²) in [5, 5.41) is 3.85. The van der Waals surface area contributed by atoms with Crippen molar-refractivity contribution >= 4 is 15.9 Å². The molecule has 2 rings (SSSR count). The Labute approximate surface area is 95.2 Å². The standard InChI is InChI=1S/C9H12BrF2N3/c10-7-5-15(13-8(7)9(11)12)6-14-3-1-2-4-14/h5,9H,1-4,6H2. The van der Waals surface area contributed by atoms with Crippen LogP contribution in [0.25, 0.3) is 0 Å². The van der Waals surface area contributed by atoms with Crippen molar-refractivity contribution in [2.24, 2.45) is 0 Å². The van der Waals surface area contributed by atoms with Crippen LogP contribution >= 0.6 is 15.9 Å². The lowest BCUT2D eigenvalue weighted by Crippen LogP contribution is -2.23. The highest BCUT2D eigenvalue weighted by molar-refractivity contribution is 9.10. The number of likely N-dealkylation sites (tertiary alicyclic amines) is 1. The molecular weight excluding hydrogens is 268 g/mol. The zero-order valence-electron chi connectivity index (χ0n) is 8.17. The highest BCUT2D eigenvalue weighted by Crippen LogP contribution is 2.25. The fourth-order valence-electron chi connectivity index (χ4n) is 1.76. The summed E-state index contributed by atoms with van der Waals surface area (Å²) in [5.74, 6) is 0. The van der Waals surface area contributed by atoms with Gasteiger partial charge in [0.1, 0.15) is 5.69 Å². The van der Waals surface area contributed by atoms with Gasteiger partial charge in [0.25, 0.3) is 6.43 Å². The maximum atomic E-state index is 12.4. The van der Waals surface area contributed by atoms with Crippen molar-refractivity contribution in [3.05, 3.63) is 16.4 Å². The van der Waals surface area contributed by atoms with E-state index in [1.165, 1.54) is 12.8 Å². The molecule has 0 radical (unpaired) electrons. The van der Waals surface area contributed by atoms with Crippen molar-refractivity contribution in [2.45, 2.75) is 25.9 Å². The number of hydrogen-bond donors (Lipinski definition) is 0. The van der Waals surface area contributed by atoms with Crippen LogP contribution < -0.4 is 0 Å². The summed E-state index contributed by atoms with van der Waals surface area (Å²) in [5.41, 5.74) is -0.172. The first-order valence-corrected chi connectivity index (χ1v) is 5.69. The number of rotatable bonds is 3. The van der Waals surface area contributed by atoms with E-state index >= 15 is 0 Å². The van der Waals surface area contributed by atoms with Gasteiger partial charge in [-0.25, -0.2) is 8.78 Å². The van der Waals surface area contributed by atoms with Crippen LogP contribution in [0.1, 0.15) is 25.0 Å². The molecule has 1 aromatic rings. The van der Waals surface area contributed by atoms with E-state index in [0.29, 0.717) is 11.1 Å². The van der Waals surface area contributed by atoms with E-state index in [0.717, 1.165) is 13.1 Å². The molecule has 84 valence electrons. The summed E-state index contributed by atoms with van der Waals surface area (Å²) in [7, 11) is 0. The van der Waals surface area contributed by atoms with Gasteiger partial charge in [0.15, 0.2) is 0 Å². The minimum Gasteiger partial charge on any atom is -0.284 e. The van der Waals surface area contributed by atoms with Gasteiger partial charge in [0.2, 0.25) is 0 Å². The predicted octanol–water partition coefficient (Wildman–Crippen LogP) is 2.64. The lowest BCUT2D eigenvalue weighted by Gasteiger charge is -2.13. The van der Waals surface area contributed by atoms with Crippen LogP contribution in [0, 0.1) is 0 Å². The molecule has 1 fully saturated rings. The van der Waals surface area contributed by atoms with Gasteiger partial charge in [0, 0.05) is 6.20 Å². The molecule has 3 nitrogen and oxygen atoms in total. The molecule has 0 atom stereocenters. The van der Waals surface area contributed by atoms with E-state index in [1.54, 1.807) is 10.9 Å². The molecule has 0 amide bonds. The van der Waals surface area contributed by atoms with Gasteiger partial charge in [0.05, 0.1) is 11.1 Å². The second-order valence-corrected chi connectivity index (χ2v) is 4.52. The second kappa shape index (κ2) is 4.57. The van der Waals surface area contributed by atoms with Gasteiger partial charge in [-0.05, 0) is 41.9 Å². The summed E-state index contributed by atoms with van der Waals surface area (Å²) < 4.78 is 26.8. The number of alkyl halides is 2. The van der Waals surface area contributed by atoms with Crippen LogP contribution in [0.2, 0.25) is 0 Å². The van der Waals surface area contributed by atoms with E-state index in [1.807, 2.05) is 0 Å². The molecule has 1 aromatic heterocycles. The Morgan fingerprint density at radius 2 is 2.07 bits per heavy atom. The number of halogens is 3. The van der Waals surface area contributed by atoms with Crippen LogP contribution in [-0.4, -0.2) is 27.8 Å². The van der Waals surface area contributed by atoms with Crippen LogP contribution in [0.5, 0.6) is 0 Å². The molecular formula is C9H12BrF2N3. The highest BCUT2D eigenvalue weighted by Gasteiger charge is 2.18. The SMILES string of the molecule is FC(F)c1nn(CN2CCCC2)cc1Br. The molecule has 0 aliphatic carbocycles. The van der Waals surface area contributed by atoms with Crippen LogP contribution in [0.3, 0.4) is 0 Å². The molecule has 0 spiro atoms. The largest absolute Gasteiger partial charge is 0.284 e. The second-order valence-electron chi connectivity index (χ2n) is 3.67. The molecule has 0 saturated carbocycles. The van der Waals surface area contributed by atoms with Crippen molar-refractivity contribution in [3.63, 3.8) is 0 Å². The van der Waals surface area contributed by atoms with Gasteiger partial charge in [-0.2, -0.15) is 5.10 Å². The first kappa shape index (κ1) is 11.0. The topological polar surface area (TPSA) is 21.1 Å². The van der Waals surface area contributed by atoms with E-state index in [9.17, 15) is 8.78 Å². The fourth-order valence-corrected chi connectivity index (χ4v) is 2.25. The van der Waals surface area contributed by atoms with Crippen LogP contribution in [-0.2, 0) is 6.67 Å². The maximum absolute atomic E-state index is 12.4. The summed E-state index contributed by atoms with van der Waals surface area (Å²) >= 11 is 3.09. The van der Waals surface area contributed by atoms with Crippen LogP contribution in [0.4, 0.5) is 8.78 Å². The Kier molecular flexibility index (Phi) is 3.35. The third-order valence-corrected chi connectivity index (χ3v) is 3.10. The minimum atomic E-state index is -2.51. The molecule has 15 heavy (non-hydrogen) atoms. The predicted molar refractivity (Wildman–Crippen MR) is 55.7 cm³/mol. The number of nitrogens with zero attached hydrogens (tertiary/aromatic N) is 3. The van der Waals surface area contributed by atoms with Gasteiger partial charge in [-0.15, -0.1) is 0 Å². The Morgan fingerprint density at radius 1 is 1.40 bits per heavy atom.